The molecule has 1 radical (unpaired) electrons. The molecule has 0 aromatic heterocycles. The van der Waals surface area contributed by atoms with Crippen molar-refractivity contribution in [3.63, 3.8) is 0 Å². The van der Waals surface area contributed by atoms with Gasteiger partial charge in [-0.25, -0.2) is 0 Å². The summed E-state index contributed by atoms with van der Waals surface area (Å²) in [5.74, 6) is 0. The molecule has 0 fully saturated rings. The van der Waals surface area contributed by atoms with Crippen molar-refractivity contribution in [3.8, 4) is 0 Å². The van der Waals surface area contributed by atoms with Crippen LogP contribution in [0.1, 0.15) is 0 Å². The molecule has 0 saturated carbocycles. The number of rotatable bonds is 0. The SMILES string of the molecule is Sc1[c-]c2ccccc2cc1.[Re]. The maximum atomic E-state index is 4.20. The van der Waals surface area contributed by atoms with Gasteiger partial charge in [-0.1, -0.05) is 17.0 Å². The Kier molecular flexibility index (Phi) is 3.34. The summed E-state index contributed by atoms with van der Waals surface area (Å²) in [5.41, 5.74) is 0. The van der Waals surface area contributed by atoms with Gasteiger partial charge in [-0.2, -0.15) is 12.6 Å². The van der Waals surface area contributed by atoms with Crippen LogP contribution in [0, 0.1) is 6.07 Å². The maximum absolute atomic E-state index is 4.20. The van der Waals surface area contributed by atoms with Crippen LogP contribution in [0.4, 0.5) is 0 Å². The van der Waals surface area contributed by atoms with Gasteiger partial charge in [-0.3, -0.25) is 0 Å². The first kappa shape index (κ1) is 9.80. The number of hydrogen-bond donors (Lipinski definition) is 1. The fraction of sp³-hybridized carbons (Fsp3) is 0. The van der Waals surface area contributed by atoms with E-state index in [-0.39, 0.29) is 20.4 Å². The zero-order valence-corrected chi connectivity index (χ0v) is 9.90. The Morgan fingerprint density at radius 1 is 1.00 bits per heavy atom. The third-order valence-corrected chi connectivity index (χ3v) is 1.91. The minimum Gasteiger partial charge on any atom is -0.164 e. The summed E-state index contributed by atoms with van der Waals surface area (Å²) in [6, 6.07) is 15.3. The number of benzene rings is 2. The smallest absolute Gasteiger partial charge is 0 e. The number of hydrogen-bond acceptors (Lipinski definition) is 1. The Bertz CT molecular complexity index is 384. The van der Waals surface area contributed by atoms with Gasteiger partial charge >= 0.3 is 0 Å². The molecule has 0 N–H and O–H groups in total. The van der Waals surface area contributed by atoms with Crippen LogP contribution in [0.15, 0.2) is 41.3 Å². The zero-order valence-electron chi connectivity index (χ0n) is 6.29. The van der Waals surface area contributed by atoms with Crippen LogP contribution < -0.4 is 0 Å². The fourth-order valence-corrected chi connectivity index (χ4v) is 1.30. The monoisotopic (exact) mass is 346 g/mol. The Balaban J connectivity index is 0.000000720. The largest absolute Gasteiger partial charge is 0.164 e. The first-order valence-corrected chi connectivity index (χ1v) is 3.91. The van der Waals surface area contributed by atoms with Crippen LogP contribution in [0.25, 0.3) is 10.8 Å². The summed E-state index contributed by atoms with van der Waals surface area (Å²) in [6.07, 6.45) is 0. The molecule has 2 heteroatoms. The van der Waals surface area contributed by atoms with E-state index in [4.69, 9.17) is 0 Å². The molecule has 2 aromatic rings. The molecule has 0 aliphatic carbocycles. The minimum absolute atomic E-state index is 0. The van der Waals surface area contributed by atoms with Crippen molar-refractivity contribution in [2.75, 3.05) is 0 Å². The minimum atomic E-state index is 0. The molecule has 0 unspecified atom stereocenters. The first-order valence-electron chi connectivity index (χ1n) is 3.46. The molecule has 0 aliphatic heterocycles. The summed E-state index contributed by atoms with van der Waals surface area (Å²) in [6.45, 7) is 0. The van der Waals surface area contributed by atoms with Crippen molar-refractivity contribution < 1.29 is 20.4 Å². The Morgan fingerprint density at radius 3 is 2.58 bits per heavy atom. The second-order valence-electron chi connectivity index (χ2n) is 2.43. The van der Waals surface area contributed by atoms with Crippen molar-refractivity contribution in [2.45, 2.75) is 4.90 Å². The van der Waals surface area contributed by atoms with E-state index >= 15 is 0 Å². The molecule has 0 heterocycles. The third-order valence-electron chi connectivity index (χ3n) is 1.64. The van der Waals surface area contributed by atoms with E-state index in [9.17, 15) is 0 Å². The maximum Gasteiger partial charge on any atom is 0 e. The predicted octanol–water partition coefficient (Wildman–Crippen LogP) is 2.93. The molecule has 2 aromatic carbocycles. The molecule has 0 saturated heterocycles. The van der Waals surface area contributed by atoms with E-state index in [0.29, 0.717) is 0 Å². The first-order chi connectivity index (χ1) is 5.36. The van der Waals surface area contributed by atoms with Gasteiger partial charge in [0.1, 0.15) is 0 Å². The van der Waals surface area contributed by atoms with Gasteiger partial charge in [0.2, 0.25) is 0 Å². The quantitative estimate of drug-likeness (QED) is 0.551. The van der Waals surface area contributed by atoms with Gasteiger partial charge in [0.25, 0.3) is 0 Å². The van der Waals surface area contributed by atoms with Gasteiger partial charge in [-0.05, 0) is 0 Å². The van der Waals surface area contributed by atoms with E-state index in [0.717, 1.165) is 10.3 Å². The zero-order chi connectivity index (χ0) is 7.68. The van der Waals surface area contributed by atoms with E-state index in [1.807, 2.05) is 30.3 Å². The molecule has 0 bridgehead atoms. The standard InChI is InChI=1S/C10H7S.Re/c11-10-6-5-8-3-1-2-4-9(8)7-10;/h1-6,11H;/q-1;. The summed E-state index contributed by atoms with van der Waals surface area (Å²) in [4.78, 5) is 0.892. The van der Waals surface area contributed by atoms with Gasteiger partial charge in [-0.15, -0.1) is 41.1 Å². The van der Waals surface area contributed by atoms with E-state index in [1.165, 1.54) is 5.39 Å². The topological polar surface area (TPSA) is 0 Å². The molecule has 0 spiro atoms. The van der Waals surface area contributed by atoms with Gasteiger partial charge in [0.15, 0.2) is 0 Å². The fourth-order valence-electron chi connectivity index (χ4n) is 1.10. The average Bonchev–Trinajstić information content (AvgIpc) is 2.04. The molecule has 12 heavy (non-hydrogen) atoms. The van der Waals surface area contributed by atoms with Gasteiger partial charge < -0.3 is 0 Å². The Hall–Kier alpha value is -0.288. The molecule has 2 rings (SSSR count). The summed E-state index contributed by atoms with van der Waals surface area (Å²) < 4.78 is 0. The van der Waals surface area contributed by atoms with E-state index in [2.05, 4.69) is 24.8 Å². The van der Waals surface area contributed by atoms with Gasteiger partial charge in [0.05, 0.1) is 0 Å². The van der Waals surface area contributed by atoms with Crippen LogP contribution in [-0.2, 0) is 20.4 Å². The second kappa shape index (κ2) is 4.09. The molecular weight excluding hydrogens is 338 g/mol. The predicted molar refractivity (Wildman–Crippen MR) is 50.0 cm³/mol. The Morgan fingerprint density at radius 2 is 1.75 bits per heavy atom. The molecule has 0 aliphatic rings. The van der Waals surface area contributed by atoms with Crippen LogP contribution in [-0.4, -0.2) is 0 Å². The molecule has 61 valence electrons. The number of thiol groups is 1. The molecular formula is C10H7ReS-. The summed E-state index contributed by atoms with van der Waals surface area (Å²) in [5, 5.41) is 2.34. The van der Waals surface area contributed by atoms with Crippen LogP contribution >= 0.6 is 12.6 Å². The average molecular weight is 345 g/mol. The van der Waals surface area contributed by atoms with E-state index < -0.39 is 0 Å². The second-order valence-corrected chi connectivity index (χ2v) is 2.91. The number of fused-ring (bicyclic) bond motifs is 1. The third kappa shape index (κ3) is 1.90. The Labute approximate surface area is 91.0 Å². The van der Waals surface area contributed by atoms with Crippen LogP contribution in [0.3, 0.4) is 0 Å². The van der Waals surface area contributed by atoms with Crippen molar-refractivity contribution in [3.05, 3.63) is 42.5 Å². The van der Waals surface area contributed by atoms with Crippen molar-refractivity contribution in [1.29, 1.82) is 0 Å². The summed E-state index contributed by atoms with van der Waals surface area (Å²) >= 11 is 4.20. The van der Waals surface area contributed by atoms with Gasteiger partial charge in [0, 0.05) is 20.4 Å². The van der Waals surface area contributed by atoms with Crippen molar-refractivity contribution in [1.82, 2.24) is 0 Å². The summed E-state index contributed by atoms with van der Waals surface area (Å²) in [7, 11) is 0. The van der Waals surface area contributed by atoms with E-state index in [1.54, 1.807) is 0 Å². The molecule has 0 nitrogen and oxygen atoms in total. The van der Waals surface area contributed by atoms with Crippen LogP contribution in [0.5, 0.6) is 0 Å². The van der Waals surface area contributed by atoms with Crippen molar-refractivity contribution >= 4 is 23.4 Å². The normalized spacial score (nSPS) is 9.42. The molecule has 0 amide bonds. The molecule has 0 atom stereocenters. The van der Waals surface area contributed by atoms with Crippen molar-refractivity contribution in [2.24, 2.45) is 0 Å². The van der Waals surface area contributed by atoms with Crippen LogP contribution in [0.2, 0.25) is 0 Å².